The van der Waals surface area contributed by atoms with Crippen LogP contribution in [0.1, 0.15) is 12.0 Å². The molecule has 0 spiro atoms. The molecule has 4 rings (SSSR count). The van der Waals surface area contributed by atoms with Gasteiger partial charge in [-0.2, -0.15) is 0 Å². The predicted octanol–water partition coefficient (Wildman–Crippen LogP) is 6.30. The molecule has 1 amide bonds. The first-order chi connectivity index (χ1) is 13.6. The Morgan fingerprint density at radius 2 is 1.57 bits per heavy atom. The van der Waals surface area contributed by atoms with Gasteiger partial charge in [0, 0.05) is 39.3 Å². The average molecular weight is 429 g/mol. The van der Waals surface area contributed by atoms with E-state index in [1.165, 1.54) is 9.79 Å². The minimum atomic E-state index is -0.0146. The van der Waals surface area contributed by atoms with Crippen molar-refractivity contribution in [3.63, 3.8) is 0 Å². The number of halogens is 2. The molecule has 6 heteroatoms. The monoisotopic (exact) mass is 428 g/mol. The maximum Gasteiger partial charge on any atom is 0.222 e. The highest BCUT2D eigenvalue weighted by Gasteiger charge is 2.23. The van der Waals surface area contributed by atoms with E-state index in [0.29, 0.717) is 29.6 Å². The quantitative estimate of drug-likeness (QED) is 0.517. The summed E-state index contributed by atoms with van der Waals surface area (Å²) in [6.07, 6.45) is 0.387. The van der Waals surface area contributed by atoms with Gasteiger partial charge in [0.15, 0.2) is 0 Å². The van der Waals surface area contributed by atoms with E-state index in [0.717, 1.165) is 16.9 Å². The number of nitrogens with one attached hydrogen (secondary N) is 1. The molecule has 1 N–H and O–H groups in total. The van der Waals surface area contributed by atoms with Crippen LogP contribution >= 0.6 is 35.0 Å². The molecule has 3 nitrogen and oxygen atoms in total. The highest BCUT2D eigenvalue weighted by atomic mass is 35.5. The van der Waals surface area contributed by atoms with Gasteiger partial charge < -0.3 is 10.2 Å². The Kier molecular flexibility index (Phi) is 5.81. The molecule has 0 saturated carbocycles. The number of fused-ring (bicyclic) bond motifs is 2. The van der Waals surface area contributed by atoms with Crippen molar-refractivity contribution in [2.75, 3.05) is 11.4 Å². The Morgan fingerprint density at radius 1 is 0.929 bits per heavy atom. The highest BCUT2D eigenvalue weighted by molar-refractivity contribution is 7.99. The molecule has 1 aliphatic heterocycles. The molecule has 0 atom stereocenters. The Balaban J connectivity index is 1.44. The first-order valence-electron chi connectivity index (χ1n) is 8.96. The number of nitrogens with zero attached hydrogens (tertiary/aromatic N) is 1. The van der Waals surface area contributed by atoms with E-state index in [9.17, 15) is 4.79 Å². The van der Waals surface area contributed by atoms with Crippen LogP contribution in [0.25, 0.3) is 0 Å². The van der Waals surface area contributed by atoms with Crippen LogP contribution in [0.3, 0.4) is 0 Å². The molecule has 28 heavy (non-hydrogen) atoms. The van der Waals surface area contributed by atoms with Gasteiger partial charge in [0.25, 0.3) is 0 Å². The molecule has 0 aromatic heterocycles. The predicted molar refractivity (Wildman–Crippen MR) is 117 cm³/mol. The summed E-state index contributed by atoms with van der Waals surface area (Å²) in [5.74, 6) is -0.0146. The van der Waals surface area contributed by atoms with E-state index < -0.39 is 0 Å². The van der Waals surface area contributed by atoms with Crippen molar-refractivity contribution in [2.45, 2.75) is 22.8 Å². The third kappa shape index (κ3) is 4.14. The molecular formula is C22H18Cl2N2OS. The number of hydrogen-bond acceptors (Lipinski definition) is 3. The Morgan fingerprint density at radius 3 is 2.21 bits per heavy atom. The van der Waals surface area contributed by atoms with E-state index in [1.807, 2.05) is 30.3 Å². The zero-order chi connectivity index (χ0) is 19.5. The fourth-order valence-corrected chi connectivity index (χ4v) is 4.75. The van der Waals surface area contributed by atoms with Crippen LogP contribution in [0.15, 0.2) is 76.5 Å². The minimum Gasteiger partial charge on any atom is -0.352 e. The van der Waals surface area contributed by atoms with Crippen molar-refractivity contribution >= 4 is 52.2 Å². The van der Waals surface area contributed by atoms with Gasteiger partial charge in [0.05, 0.1) is 11.4 Å². The molecule has 3 aromatic rings. The SMILES string of the molecule is O=C(CCN1c2ccccc2Sc2ccccc21)NCc1ccc(Cl)cc1Cl. The van der Waals surface area contributed by atoms with E-state index in [4.69, 9.17) is 23.2 Å². The Bertz CT molecular complexity index is 979. The van der Waals surface area contributed by atoms with Gasteiger partial charge >= 0.3 is 0 Å². The molecule has 3 aromatic carbocycles. The maximum atomic E-state index is 12.4. The normalized spacial score (nSPS) is 12.3. The van der Waals surface area contributed by atoms with Crippen molar-refractivity contribution in [3.8, 4) is 0 Å². The summed E-state index contributed by atoms with van der Waals surface area (Å²) in [6, 6.07) is 21.9. The van der Waals surface area contributed by atoms with Gasteiger partial charge in [-0.3, -0.25) is 4.79 Å². The van der Waals surface area contributed by atoms with Crippen LogP contribution in [0.5, 0.6) is 0 Å². The number of hydrogen-bond donors (Lipinski definition) is 1. The number of benzene rings is 3. The smallest absolute Gasteiger partial charge is 0.222 e. The van der Waals surface area contributed by atoms with Crippen molar-refractivity contribution in [3.05, 3.63) is 82.3 Å². The fourth-order valence-electron chi connectivity index (χ4n) is 3.18. The van der Waals surface area contributed by atoms with Crippen LogP contribution in [-0.4, -0.2) is 12.5 Å². The second kappa shape index (κ2) is 8.48. The van der Waals surface area contributed by atoms with Gasteiger partial charge in [-0.25, -0.2) is 0 Å². The summed E-state index contributed by atoms with van der Waals surface area (Å²) >= 11 is 13.9. The van der Waals surface area contributed by atoms with Gasteiger partial charge in [-0.1, -0.05) is 65.3 Å². The molecule has 0 aliphatic carbocycles. The van der Waals surface area contributed by atoms with E-state index in [1.54, 1.807) is 23.9 Å². The summed E-state index contributed by atoms with van der Waals surface area (Å²) in [5.41, 5.74) is 3.13. The minimum absolute atomic E-state index is 0.0146. The highest BCUT2D eigenvalue weighted by Crippen LogP contribution is 2.47. The lowest BCUT2D eigenvalue weighted by Gasteiger charge is -2.32. The molecular weight excluding hydrogens is 411 g/mol. The van der Waals surface area contributed by atoms with Crippen LogP contribution < -0.4 is 10.2 Å². The maximum absolute atomic E-state index is 12.4. The number of anilines is 2. The standard InChI is InChI=1S/C22H18Cl2N2OS/c23-16-10-9-15(17(24)13-16)14-25-22(27)11-12-26-18-5-1-3-7-20(18)28-21-8-4-2-6-19(21)26/h1-10,13H,11-12,14H2,(H,25,27). The summed E-state index contributed by atoms with van der Waals surface area (Å²) in [7, 11) is 0. The van der Waals surface area contributed by atoms with E-state index in [2.05, 4.69) is 34.5 Å². The van der Waals surface area contributed by atoms with Gasteiger partial charge in [0.1, 0.15) is 0 Å². The van der Waals surface area contributed by atoms with Crippen molar-refractivity contribution in [2.24, 2.45) is 0 Å². The fraction of sp³-hybridized carbons (Fsp3) is 0.136. The van der Waals surface area contributed by atoms with Crippen LogP contribution in [0, 0.1) is 0 Å². The van der Waals surface area contributed by atoms with Crippen LogP contribution in [-0.2, 0) is 11.3 Å². The van der Waals surface area contributed by atoms with E-state index in [-0.39, 0.29) is 5.91 Å². The average Bonchev–Trinajstić information content (AvgIpc) is 2.70. The molecule has 142 valence electrons. The molecule has 0 bridgehead atoms. The molecule has 0 radical (unpaired) electrons. The van der Waals surface area contributed by atoms with Gasteiger partial charge in [-0.05, 0) is 42.0 Å². The lowest BCUT2D eigenvalue weighted by Crippen LogP contribution is -2.29. The summed E-state index contributed by atoms with van der Waals surface area (Å²) in [5, 5.41) is 4.09. The second-order valence-corrected chi connectivity index (χ2v) is 8.38. The Labute approximate surface area is 178 Å². The van der Waals surface area contributed by atoms with Crippen molar-refractivity contribution in [1.29, 1.82) is 0 Å². The first kappa shape index (κ1) is 19.2. The zero-order valence-electron chi connectivity index (χ0n) is 15.0. The first-order valence-corrected chi connectivity index (χ1v) is 10.5. The molecule has 0 saturated heterocycles. The topological polar surface area (TPSA) is 32.3 Å². The summed E-state index contributed by atoms with van der Waals surface area (Å²) < 4.78 is 0. The van der Waals surface area contributed by atoms with Crippen LogP contribution in [0.4, 0.5) is 11.4 Å². The van der Waals surface area contributed by atoms with Crippen molar-refractivity contribution < 1.29 is 4.79 Å². The number of rotatable bonds is 5. The second-order valence-electron chi connectivity index (χ2n) is 6.45. The number of para-hydroxylation sites is 2. The molecule has 1 heterocycles. The lowest BCUT2D eigenvalue weighted by molar-refractivity contribution is -0.121. The third-order valence-electron chi connectivity index (χ3n) is 4.59. The largest absolute Gasteiger partial charge is 0.352 e. The van der Waals surface area contributed by atoms with Gasteiger partial charge in [-0.15, -0.1) is 0 Å². The lowest BCUT2D eigenvalue weighted by atomic mass is 10.2. The third-order valence-corrected chi connectivity index (χ3v) is 6.30. The van der Waals surface area contributed by atoms with E-state index >= 15 is 0 Å². The van der Waals surface area contributed by atoms with Crippen molar-refractivity contribution in [1.82, 2.24) is 5.32 Å². The summed E-state index contributed by atoms with van der Waals surface area (Å²) in [4.78, 5) is 17.1. The molecule has 0 fully saturated rings. The number of carbonyl (C=O) groups excluding carboxylic acids is 1. The Hall–Kier alpha value is -2.14. The molecule has 1 aliphatic rings. The number of carbonyl (C=O) groups is 1. The number of amides is 1. The van der Waals surface area contributed by atoms with Gasteiger partial charge in [0.2, 0.25) is 5.91 Å². The zero-order valence-corrected chi connectivity index (χ0v) is 17.3. The van der Waals surface area contributed by atoms with Crippen LogP contribution in [0.2, 0.25) is 10.0 Å². The molecule has 0 unspecified atom stereocenters. The summed E-state index contributed by atoms with van der Waals surface area (Å²) in [6.45, 7) is 0.993.